The van der Waals surface area contributed by atoms with Crippen molar-refractivity contribution in [2.45, 2.75) is 52.0 Å². The van der Waals surface area contributed by atoms with Gasteiger partial charge in [-0.3, -0.25) is 0 Å². The minimum atomic E-state index is -3.15. The summed E-state index contributed by atoms with van der Waals surface area (Å²) in [4.78, 5) is 0. The van der Waals surface area contributed by atoms with Gasteiger partial charge < -0.3 is 5.32 Å². The van der Waals surface area contributed by atoms with Crippen LogP contribution in [0.3, 0.4) is 0 Å². The van der Waals surface area contributed by atoms with Crippen molar-refractivity contribution in [3.63, 3.8) is 0 Å². The van der Waals surface area contributed by atoms with Crippen LogP contribution in [0.15, 0.2) is 6.07 Å². The highest BCUT2D eigenvalue weighted by Gasteiger charge is 2.34. The zero-order chi connectivity index (χ0) is 14.4. The van der Waals surface area contributed by atoms with Gasteiger partial charge in [-0.25, -0.2) is 13.2 Å². The lowest BCUT2D eigenvalue weighted by Gasteiger charge is -2.30. The van der Waals surface area contributed by atoms with E-state index in [9.17, 15) is 13.2 Å². The van der Waals surface area contributed by atoms with Crippen molar-refractivity contribution in [1.82, 2.24) is 5.32 Å². The van der Waals surface area contributed by atoms with Crippen LogP contribution in [-0.2, 0) is 24.3 Å². The summed E-state index contributed by atoms with van der Waals surface area (Å²) in [5, 5.41) is 3.18. The molecule has 0 amide bonds. The Bertz CT molecular complexity index is 496. The molecule has 1 nitrogen and oxygen atoms in total. The first kappa shape index (κ1) is 14.4. The Labute approximate surface area is 112 Å². The maximum absolute atomic E-state index is 14.3. The van der Waals surface area contributed by atoms with Crippen LogP contribution in [0.2, 0.25) is 0 Å². The Morgan fingerprint density at radius 3 is 2.21 bits per heavy atom. The molecule has 1 heterocycles. The monoisotopic (exact) mass is 271 g/mol. The summed E-state index contributed by atoms with van der Waals surface area (Å²) in [5.41, 5.74) is 1.37. The van der Waals surface area contributed by atoms with E-state index >= 15 is 0 Å². The number of benzene rings is 1. The third-order valence-corrected chi connectivity index (χ3v) is 3.61. The maximum Gasteiger partial charge on any atom is 0.273 e. The van der Waals surface area contributed by atoms with Gasteiger partial charge in [-0.2, -0.15) is 0 Å². The SMILES string of the molecule is CC(C)(C)c1cc(C(C)(F)F)c(F)c2c1CNCC2. The second-order valence-electron chi connectivity index (χ2n) is 6.31. The highest BCUT2D eigenvalue weighted by atomic mass is 19.3. The van der Waals surface area contributed by atoms with E-state index in [0.29, 0.717) is 25.1 Å². The van der Waals surface area contributed by atoms with Gasteiger partial charge >= 0.3 is 0 Å². The predicted octanol–water partition coefficient (Wildman–Crippen LogP) is 3.88. The Hall–Kier alpha value is -1.03. The highest BCUT2D eigenvalue weighted by Crippen LogP contribution is 2.38. The van der Waals surface area contributed by atoms with Crippen LogP contribution in [0.4, 0.5) is 13.2 Å². The van der Waals surface area contributed by atoms with Gasteiger partial charge in [-0.15, -0.1) is 0 Å². The van der Waals surface area contributed by atoms with E-state index in [4.69, 9.17) is 0 Å². The van der Waals surface area contributed by atoms with Gasteiger partial charge in [0.15, 0.2) is 0 Å². The van der Waals surface area contributed by atoms with E-state index in [1.165, 1.54) is 6.07 Å². The molecular weight excluding hydrogens is 251 g/mol. The zero-order valence-electron chi connectivity index (χ0n) is 11.8. The van der Waals surface area contributed by atoms with Gasteiger partial charge in [0.05, 0.1) is 5.56 Å². The standard InChI is InChI=1S/C15H20F3N/c1-14(2,3)11-7-12(15(4,17)18)13(16)9-5-6-19-8-10(9)11/h7,19H,5-6,8H2,1-4H3. The van der Waals surface area contributed by atoms with E-state index in [1.807, 2.05) is 20.8 Å². The third-order valence-electron chi connectivity index (χ3n) is 3.61. The summed E-state index contributed by atoms with van der Waals surface area (Å²) in [5.74, 6) is -3.87. The molecule has 0 spiro atoms. The molecule has 4 heteroatoms. The van der Waals surface area contributed by atoms with Gasteiger partial charge in [0.1, 0.15) is 5.82 Å². The molecule has 1 aliphatic heterocycles. The van der Waals surface area contributed by atoms with Crippen LogP contribution >= 0.6 is 0 Å². The summed E-state index contributed by atoms with van der Waals surface area (Å²) in [6, 6.07) is 1.35. The summed E-state index contributed by atoms with van der Waals surface area (Å²) in [6.45, 7) is 7.83. The van der Waals surface area contributed by atoms with Crippen LogP contribution in [-0.4, -0.2) is 6.54 Å². The van der Waals surface area contributed by atoms with Crippen molar-refractivity contribution in [1.29, 1.82) is 0 Å². The van der Waals surface area contributed by atoms with Crippen molar-refractivity contribution in [3.05, 3.63) is 34.1 Å². The van der Waals surface area contributed by atoms with E-state index in [2.05, 4.69) is 5.32 Å². The molecule has 0 unspecified atom stereocenters. The van der Waals surface area contributed by atoms with Crippen molar-refractivity contribution in [3.8, 4) is 0 Å². The fraction of sp³-hybridized carbons (Fsp3) is 0.600. The molecule has 19 heavy (non-hydrogen) atoms. The molecule has 1 aliphatic rings. The van der Waals surface area contributed by atoms with Gasteiger partial charge in [-0.05, 0) is 41.1 Å². The van der Waals surface area contributed by atoms with Crippen molar-refractivity contribution in [2.75, 3.05) is 6.54 Å². The van der Waals surface area contributed by atoms with E-state index < -0.39 is 17.3 Å². The topological polar surface area (TPSA) is 12.0 Å². The first-order chi connectivity index (χ1) is 8.62. The van der Waals surface area contributed by atoms with Crippen LogP contribution in [0.5, 0.6) is 0 Å². The first-order valence-corrected chi connectivity index (χ1v) is 6.56. The third kappa shape index (κ3) is 2.64. The Kier molecular flexibility index (Phi) is 3.42. The Morgan fingerprint density at radius 1 is 1.05 bits per heavy atom. The molecule has 0 saturated carbocycles. The number of alkyl halides is 2. The van der Waals surface area contributed by atoms with Crippen molar-refractivity contribution in [2.24, 2.45) is 0 Å². The highest BCUT2D eigenvalue weighted by molar-refractivity contribution is 5.46. The molecule has 2 rings (SSSR count). The molecule has 0 bridgehead atoms. The van der Waals surface area contributed by atoms with Crippen LogP contribution in [0, 0.1) is 5.82 Å². The normalized spacial score (nSPS) is 16.4. The van der Waals surface area contributed by atoms with Crippen LogP contribution in [0.1, 0.15) is 49.9 Å². The number of fused-ring (bicyclic) bond motifs is 1. The summed E-state index contributed by atoms with van der Waals surface area (Å²) >= 11 is 0. The summed E-state index contributed by atoms with van der Waals surface area (Å²) < 4.78 is 41.5. The summed E-state index contributed by atoms with van der Waals surface area (Å²) in [7, 11) is 0. The smallest absolute Gasteiger partial charge is 0.273 e. The minimum Gasteiger partial charge on any atom is -0.312 e. The summed E-state index contributed by atoms with van der Waals surface area (Å²) in [6.07, 6.45) is 0.466. The molecule has 1 N–H and O–H groups in total. The zero-order valence-corrected chi connectivity index (χ0v) is 11.8. The molecule has 0 saturated heterocycles. The number of hydrogen-bond acceptors (Lipinski definition) is 1. The quantitative estimate of drug-likeness (QED) is 0.817. The molecule has 1 aromatic carbocycles. The van der Waals surface area contributed by atoms with Crippen molar-refractivity contribution < 1.29 is 13.2 Å². The van der Waals surface area contributed by atoms with E-state index in [0.717, 1.165) is 18.1 Å². The maximum atomic E-state index is 14.3. The molecule has 0 fully saturated rings. The van der Waals surface area contributed by atoms with Crippen molar-refractivity contribution >= 4 is 0 Å². The fourth-order valence-corrected chi connectivity index (χ4v) is 2.63. The molecule has 106 valence electrons. The average molecular weight is 271 g/mol. The molecule has 0 atom stereocenters. The number of rotatable bonds is 1. The van der Waals surface area contributed by atoms with Crippen LogP contribution in [0.25, 0.3) is 0 Å². The first-order valence-electron chi connectivity index (χ1n) is 6.56. The number of hydrogen-bond donors (Lipinski definition) is 1. The largest absolute Gasteiger partial charge is 0.312 e. The lowest BCUT2D eigenvalue weighted by Crippen LogP contribution is -2.30. The van der Waals surface area contributed by atoms with Gasteiger partial charge in [0, 0.05) is 13.5 Å². The van der Waals surface area contributed by atoms with Gasteiger partial charge in [0.2, 0.25) is 0 Å². The fourth-order valence-electron chi connectivity index (χ4n) is 2.63. The molecule has 0 aromatic heterocycles. The molecule has 1 aromatic rings. The van der Waals surface area contributed by atoms with E-state index in [-0.39, 0.29) is 5.41 Å². The molecular formula is C15H20F3N. The minimum absolute atomic E-state index is 0.281. The van der Waals surface area contributed by atoms with Gasteiger partial charge in [0.25, 0.3) is 5.92 Å². The van der Waals surface area contributed by atoms with Crippen LogP contribution < -0.4 is 5.32 Å². The second-order valence-corrected chi connectivity index (χ2v) is 6.31. The number of nitrogens with one attached hydrogen (secondary N) is 1. The van der Waals surface area contributed by atoms with E-state index in [1.54, 1.807) is 0 Å². The molecule has 0 radical (unpaired) electrons. The molecule has 0 aliphatic carbocycles. The Morgan fingerprint density at radius 2 is 1.68 bits per heavy atom. The second kappa shape index (κ2) is 4.51. The number of halogens is 3. The predicted molar refractivity (Wildman–Crippen MR) is 70.1 cm³/mol. The Balaban J connectivity index is 2.74. The lowest BCUT2D eigenvalue weighted by atomic mass is 9.78. The lowest BCUT2D eigenvalue weighted by molar-refractivity contribution is 0.0134. The van der Waals surface area contributed by atoms with Gasteiger partial charge in [-0.1, -0.05) is 20.8 Å². The average Bonchev–Trinajstić information content (AvgIpc) is 2.26.